The van der Waals surface area contributed by atoms with Crippen LogP contribution in [0.4, 0.5) is 0 Å². The Labute approximate surface area is 304 Å². The highest BCUT2D eigenvalue weighted by atomic mass is 16.5. The molecule has 0 rings (SSSR count). The van der Waals surface area contributed by atoms with Gasteiger partial charge in [0.2, 0.25) is 0 Å². The van der Waals surface area contributed by atoms with E-state index in [1.807, 2.05) is 0 Å². The number of carbonyl (C=O) groups excluding carboxylic acids is 1. The van der Waals surface area contributed by atoms with Crippen LogP contribution in [-0.4, -0.2) is 12.6 Å². The van der Waals surface area contributed by atoms with Crippen LogP contribution in [-0.2, 0) is 9.53 Å². The monoisotopic (exact) mass is 675 g/mol. The summed E-state index contributed by atoms with van der Waals surface area (Å²) in [5.74, 6) is 2.54. The van der Waals surface area contributed by atoms with Crippen molar-refractivity contribution in [1.82, 2.24) is 0 Å². The lowest BCUT2D eigenvalue weighted by molar-refractivity contribution is -0.142. The summed E-state index contributed by atoms with van der Waals surface area (Å²) < 4.78 is 5.49. The van der Waals surface area contributed by atoms with E-state index < -0.39 is 0 Å². The Hall–Kier alpha value is -0.790. The molecule has 2 atom stereocenters. The van der Waals surface area contributed by atoms with E-state index in [-0.39, 0.29) is 5.97 Å². The molecule has 48 heavy (non-hydrogen) atoms. The maximum atomic E-state index is 12.1. The quantitative estimate of drug-likeness (QED) is 0.0370. The largest absolute Gasteiger partial charge is 0.461 e. The van der Waals surface area contributed by atoms with Crippen molar-refractivity contribution >= 4 is 5.97 Å². The second-order valence-corrected chi connectivity index (χ2v) is 16.6. The van der Waals surface area contributed by atoms with Gasteiger partial charge in [-0.1, -0.05) is 226 Å². The van der Waals surface area contributed by atoms with E-state index >= 15 is 0 Å². The van der Waals surface area contributed by atoms with Gasteiger partial charge in [-0.2, -0.15) is 0 Å². The first-order valence-corrected chi connectivity index (χ1v) is 22.2. The van der Waals surface area contributed by atoms with Gasteiger partial charge in [-0.15, -0.1) is 0 Å². The maximum absolute atomic E-state index is 12.1. The number of hydrogen-bond acceptors (Lipinski definition) is 2. The van der Waals surface area contributed by atoms with Crippen molar-refractivity contribution in [3.63, 3.8) is 0 Å². The lowest BCUT2D eigenvalue weighted by atomic mass is 9.91. The van der Waals surface area contributed by atoms with Crippen LogP contribution in [0, 0.1) is 17.8 Å². The third-order valence-corrected chi connectivity index (χ3v) is 10.8. The van der Waals surface area contributed by atoms with Gasteiger partial charge >= 0.3 is 5.97 Å². The van der Waals surface area contributed by atoms with Crippen LogP contribution in [0.2, 0.25) is 0 Å². The minimum absolute atomic E-state index is 0.0189. The van der Waals surface area contributed by atoms with E-state index in [0.29, 0.717) is 13.0 Å². The topological polar surface area (TPSA) is 26.3 Å². The van der Waals surface area contributed by atoms with Crippen LogP contribution in [0.3, 0.4) is 0 Å². The molecule has 0 aromatic carbocycles. The van der Waals surface area contributed by atoms with Gasteiger partial charge in [-0.3, -0.25) is 4.79 Å². The molecule has 0 saturated heterocycles. The molecule has 2 unspecified atom stereocenters. The number of rotatable bonds is 38. The first-order chi connectivity index (χ1) is 23.3. The molecule has 0 fully saturated rings. The van der Waals surface area contributed by atoms with Gasteiger partial charge in [0.15, 0.2) is 0 Å². The fourth-order valence-corrected chi connectivity index (χ4v) is 7.21. The van der Waals surface area contributed by atoms with E-state index in [9.17, 15) is 4.79 Å². The van der Waals surface area contributed by atoms with E-state index in [4.69, 9.17) is 4.74 Å². The Morgan fingerprint density at radius 1 is 0.458 bits per heavy atom. The number of esters is 1. The zero-order valence-corrected chi connectivity index (χ0v) is 34.2. The van der Waals surface area contributed by atoms with E-state index in [1.54, 1.807) is 0 Å². The van der Waals surface area contributed by atoms with E-state index in [0.717, 1.165) is 37.0 Å². The molecule has 0 aliphatic carbocycles. The van der Waals surface area contributed by atoms with Crippen molar-refractivity contribution in [2.45, 2.75) is 253 Å². The maximum Gasteiger partial charge on any atom is 0.306 e. The van der Waals surface area contributed by atoms with Crippen LogP contribution < -0.4 is 0 Å². The van der Waals surface area contributed by atoms with E-state index in [2.05, 4.69) is 47.6 Å². The number of allylic oxidation sites excluding steroid dienone is 1. The molecular weight excluding hydrogens is 585 g/mol. The van der Waals surface area contributed by atoms with Gasteiger partial charge in [0, 0.05) is 6.42 Å². The second kappa shape index (κ2) is 37.5. The van der Waals surface area contributed by atoms with Gasteiger partial charge in [-0.25, -0.2) is 0 Å². The molecule has 0 saturated carbocycles. The zero-order valence-electron chi connectivity index (χ0n) is 34.2. The van der Waals surface area contributed by atoms with Crippen LogP contribution in [0.1, 0.15) is 253 Å². The standard InChI is InChI=1S/C46H90O2/c1-7-8-9-10-11-12-13-14-15-16-17-18-19-20-21-22-23-24-25-26-27-28-29-39-46(47)48-41-40-45(6)38-32-37-44(5)36-31-35-43(4)34-30-33-42(2)3/h40,42-44H,7-39,41H2,1-6H3. The molecule has 0 aromatic rings. The summed E-state index contributed by atoms with van der Waals surface area (Å²) in [6, 6.07) is 0. The van der Waals surface area contributed by atoms with Gasteiger partial charge in [0.1, 0.15) is 6.61 Å². The Bertz CT molecular complexity index is 680. The molecule has 0 spiro atoms. The summed E-state index contributed by atoms with van der Waals surface area (Å²) in [5.41, 5.74) is 1.37. The van der Waals surface area contributed by atoms with Crippen LogP contribution >= 0.6 is 0 Å². The summed E-state index contributed by atoms with van der Waals surface area (Å²) in [7, 11) is 0. The summed E-state index contributed by atoms with van der Waals surface area (Å²) in [6.45, 7) is 14.5. The molecule has 0 amide bonds. The number of carbonyl (C=O) groups is 1. The van der Waals surface area contributed by atoms with Gasteiger partial charge in [0.25, 0.3) is 0 Å². The average Bonchev–Trinajstić information content (AvgIpc) is 3.05. The first-order valence-electron chi connectivity index (χ1n) is 22.2. The lowest BCUT2D eigenvalue weighted by Crippen LogP contribution is -2.04. The van der Waals surface area contributed by atoms with Crippen LogP contribution in [0.15, 0.2) is 11.6 Å². The molecule has 0 N–H and O–H groups in total. The summed E-state index contributed by atoms with van der Waals surface area (Å²) in [5, 5.41) is 0. The summed E-state index contributed by atoms with van der Waals surface area (Å²) in [4.78, 5) is 12.1. The predicted molar refractivity (Wildman–Crippen MR) is 216 cm³/mol. The molecule has 0 radical (unpaired) electrons. The second-order valence-electron chi connectivity index (χ2n) is 16.6. The summed E-state index contributed by atoms with van der Waals surface area (Å²) in [6.07, 6.45) is 46.8. The number of unbranched alkanes of at least 4 members (excludes halogenated alkanes) is 22. The molecule has 0 heterocycles. The minimum atomic E-state index is -0.0189. The van der Waals surface area contributed by atoms with Gasteiger partial charge in [-0.05, 0) is 50.0 Å². The molecule has 286 valence electrons. The normalized spacial score (nSPS) is 13.4. The van der Waals surface area contributed by atoms with E-state index in [1.165, 1.54) is 192 Å². The minimum Gasteiger partial charge on any atom is -0.461 e. The van der Waals surface area contributed by atoms with Crippen molar-refractivity contribution in [3.05, 3.63) is 11.6 Å². The highest BCUT2D eigenvalue weighted by molar-refractivity contribution is 5.69. The van der Waals surface area contributed by atoms with Crippen molar-refractivity contribution in [2.24, 2.45) is 17.8 Å². The molecule has 0 aromatic heterocycles. The molecule has 0 aliphatic rings. The fraction of sp³-hybridized carbons (Fsp3) is 0.935. The molecular formula is C46H90O2. The lowest BCUT2D eigenvalue weighted by Gasteiger charge is -2.15. The zero-order chi connectivity index (χ0) is 35.3. The molecule has 0 aliphatic heterocycles. The Balaban J connectivity index is 3.41. The average molecular weight is 675 g/mol. The number of ether oxygens (including phenoxy) is 1. The predicted octanol–water partition coefficient (Wildman–Crippen LogP) is 16.3. The fourth-order valence-electron chi connectivity index (χ4n) is 7.21. The van der Waals surface area contributed by atoms with Crippen molar-refractivity contribution in [3.8, 4) is 0 Å². The smallest absolute Gasteiger partial charge is 0.306 e. The van der Waals surface area contributed by atoms with Gasteiger partial charge < -0.3 is 4.74 Å². The van der Waals surface area contributed by atoms with Crippen molar-refractivity contribution in [2.75, 3.05) is 6.61 Å². The van der Waals surface area contributed by atoms with Gasteiger partial charge in [0.05, 0.1) is 0 Å². The third-order valence-electron chi connectivity index (χ3n) is 10.8. The Morgan fingerprint density at radius 2 is 0.812 bits per heavy atom. The van der Waals surface area contributed by atoms with Crippen molar-refractivity contribution in [1.29, 1.82) is 0 Å². The SMILES string of the molecule is CCCCCCCCCCCCCCCCCCCCCCCCCC(=O)OCC=C(C)CCCC(C)CCCC(C)CCCC(C)C. The van der Waals surface area contributed by atoms with Crippen molar-refractivity contribution < 1.29 is 9.53 Å². The van der Waals surface area contributed by atoms with Crippen LogP contribution in [0.25, 0.3) is 0 Å². The molecule has 2 heteroatoms. The highest BCUT2D eigenvalue weighted by Gasteiger charge is 2.07. The highest BCUT2D eigenvalue weighted by Crippen LogP contribution is 2.22. The summed E-state index contributed by atoms with van der Waals surface area (Å²) >= 11 is 0. The third kappa shape index (κ3) is 38.0. The Kier molecular flexibility index (Phi) is 36.8. The molecule has 0 bridgehead atoms. The number of hydrogen-bond donors (Lipinski definition) is 0. The molecule has 2 nitrogen and oxygen atoms in total. The van der Waals surface area contributed by atoms with Crippen LogP contribution in [0.5, 0.6) is 0 Å². The Morgan fingerprint density at radius 3 is 1.21 bits per heavy atom. The first kappa shape index (κ1) is 47.2.